The first-order chi connectivity index (χ1) is 8.28. The van der Waals surface area contributed by atoms with Gasteiger partial charge in [0.05, 0.1) is 5.69 Å². The van der Waals surface area contributed by atoms with Crippen LogP contribution < -0.4 is 10.5 Å². The fourth-order valence-corrected chi connectivity index (χ4v) is 1.36. The average molecular weight is 226 g/mol. The van der Waals surface area contributed by atoms with E-state index in [2.05, 4.69) is 4.99 Å². The van der Waals surface area contributed by atoms with Gasteiger partial charge in [0.25, 0.3) is 0 Å². The second-order valence-electron chi connectivity index (χ2n) is 3.37. The number of rotatable bonds is 3. The maximum absolute atomic E-state index is 10.1. The normalized spacial score (nSPS) is 9.41. The lowest BCUT2D eigenvalue weighted by Gasteiger charge is -2.05. The Kier molecular flexibility index (Phi) is 3.19. The van der Waals surface area contributed by atoms with E-state index in [0.29, 0.717) is 22.9 Å². The third-order valence-electron chi connectivity index (χ3n) is 2.11. The Morgan fingerprint density at radius 2 is 1.82 bits per heavy atom. The van der Waals surface area contributed by atoms with Crippen molar-refractivity contribution >= 4 is 17.5 Å². The van der Waals surface area contributed by atoms with Gasteiger partial charge in [-0.05, 0) is 36.4 Å². The lowest BCUT2D eigenvalue weighted by molar-refractivity contribution is 0.483. The first-order valence-electron chi connectivity index (χ1n) is 4.99. The number of hydrogen-bond acceptors (Lipinski definition) is 4. The third-order valence-corrected chi connectivity index (χ3v) is 2.11. The number of aliphatic imine (C=N–C) groups is 1. The molecule has 0 spiro atoms. The van der Waals surface area contributed by atoms with Crippen LogP contribution >= 0.6 is 0 Å². The molecule has 2 aromatic carbocycles. The zero-order valence-electron chi connectivity index (χ0n) is 8.96. The molecule has 2 rings (SSSR count). The molecule has 0 unspecified atom stereocenters. The molecule has 0 aliphatic heterocycles. The number of benzene rings is 2. The van der Waals surface area contributed by atoms with E-state index in [4.69, 9.17) is 10.5 Å². The molecule has 0 amide bonds. The number of isocyanates is 1. The summed E-state index contributed by atoms with van der Waals surface area (Å²) in [6.45, 7) is 0. The van der Waals surface area contributed by atoms with Crippen molar-refractivity contribution in [2.45, 2.75) is 0 Å². The summed E-state index contributed by atoms with van der Waals surface area (Å²) in [4.78, 5) is 13.5. The quantitative estimate of drug-likeness (QED) is 0.497. The topological polar surface area (TPSA) is 64.7 Å². The summed E-state index contributed by atoms with van der Waals surface area (Å²) in [5.74, 6) is 1.32. The standard InChI is InChI=1S/C13H10N2O2/c14-10-2-1-3-13(8-10)17-12-6-4-11(5-7-12)15-9-16/h1-8H,14H2. The van der Waals surface area contributed by atoms with Crippen molar-refractivity contribution in [3.05, 3.63) is 48.5 Å². The Bertz CT molecular complexity index is 558. The van der Waals surface area contributed by atoms with E-state index < -0.39 is 0 Å². The molecule has 0 saturated carbocycles. The summed E-state index contributed by atoms with van der Waals surface area (Å²) in [5, 5.41) is 0. The Balaban J connectivity index is 2.16. The highest BCUT2D eigenvalue weighted by Crippen LogP contribution is 2.24. The minimum Gasteiger partial charge on any atom is -0.457 e. The summed E-state index contributed by atoms with van der Waals surface area (Å²) in [7, 11) is 0. The molecule has 0 aromatic heterocycles. The van der Waals surface area contributed by atoms with Gasteiger partial charge in [-0.25, -0.2) is 4.79 Å². The van der Waals surface area contributed by atoms with Crippen LogP contribution in [0.1, 0.15) is 0 Å². The number of hydrogen-bond donors (Lipinski definition) is 1. The van der Waals surface area contributed by atoms with Crippen LogP contribution in [0.2, 0.25) is 0 Å². The van der Waals surface area contributed by atoms with E-state index >= 15 is 0 Å². The molecular formula is C13H10N2O2. The van der Waals surface area contributed by atoms with Gasteiger partial charge in [0.15, 0.2) is 0 Å². The number of nitrogens with two attached hydrogens (primary N) is 1. The van der Waals surface area contributed by atoms with E-state index in [1.54, 1.807) is 36.4 Å². The number of carbonyl (C=O) groups excluding carboxylic acids is 1. The highest BCUT2D eigenvalue weighted by molar-refractivity contribution is 5.51. The van der Waals surface area contributed by atoms with Gasteiger partial charge in [-0.3, -0.25) is 0 Å². The van der Waals surface area contributed by atoms with Crippen LogP contribution in [-0.4, -0.2) is 6.08 Å². The minimum atomic E-state index is 0.542. The van der Waals surface area contributed by atoms with Crippen LogP contribution in [0, 0.1) is 0 Å². The van der Waals surface area contributed by atoms with Gasteiger partial charge in [0.2, 0.25) is 6.08 Å². The van der Waals surface area contributed by atoms with Gasteiger partial charge in [0, 0.05) is 11.8 Å². The van der Waals surface area contributed by atoms with Crippen molar-refractivity contribution in [1.82, 2.24) is 0 Å². The summed E-state index contributed by atoms with van der Waals surface area (Å²) < 4.78 is 5.57. The monoisotopic (exact) mass is 226 g/mol. The molecule has 0 fully saturated rings. The molecule has 4 heteroatoms. The van der Waals surface area contributed by atoms with Gasteiger partial charge in [-0.15, -0.1) is 0 Å². The van der Waals surface area contributed by atoms with Gasteiger partial charge in [0.1, 0.15) is 11.5 Å². The van der Waals surface area contributed by atoms with Crippen LogP contribution in [0.5, 0.6) is 11.5 Å². The highest BCUT2D eigenvalue weighted by atomic mass is 16.5. The number of anilines is 1. The molecule has 0 saturated heterocycles. The molecule has 17 heavy (non-hydrogen) atoms. The van der Waals surface area contributed by atoms with Crippen molar-refractivity contribution in [3.63, 3.8) is 0 Å². The van der Waals surface area contributed by atoms with Crippen molar-refractivity contribution in [2.24, 2.45) is 4.99 Å². The van der Waals surface area contributed by atoms with Crippen molar-refractivity contribution in [3.8, 4) is 11.5 Å². The minimum absolute atomic E-state index is 0.542. The summed E-state index contributed by atoms with van der Waals surface area (Å²) in [6.07, 6.45) is 1.48. The van der Waals surface area contributed by atoms with Gasteiger partial charge >= 0.3 is 0 Å². The van der Waals surface area contributed by atoms with Crippen LogP contribution in [0.15, 0.2) is 53.5 Å². The molecule has 2 N–H and O–H groups in total. The summed E-state index contributed by atoms with van der Waals surface area (Å²) in [5.41, 5.74) is 6.82. The molecule has 0 heterocycles. The van der Waals surface area contributed by atoms with Gasteiger partial charge < -0.3 is 10.5 Å². The zero-order chi connectivity index (χ0) is 12.1. The van der Waals surface area contributed by atoms with Crippen LogP contribution in [-0.2, 0) is 4.79 Å². The maximum Gasteiger partial charge on any atom is 0.240 e. The van der Waals surface area contributed by atoms with E-state index in [9.17, 15) is 4.79 Å². The Morgan fingerprint density at radius 3 is 2.47 bits per heavy atom. The zero-order valence-corrected chi connectivity index (χ0v) is 8.96. The lowest BCUT2D eigenvalue weighted by atomic mass is 10.3. The van der Waals surface area contributed by atoms with E-state index in [1.165, 1.54) is 6.08 Å². The summed E-state index contributed by atoms with van der Waals surface area (Å²) in [6, 6.07) is 13.9. The molecule has 0 radical (unpaired) electrons. The molecule has 84 valence electrons. The van der Waals surface area contributed by atoms with Crippen LogP contribution in [0.3, 0.4) is 0 Å². The van der Waals surface area contributed by atoms with E-state index in [1.807, 2.05) is 12.1 Å². The Hall–Kier alpha value is -2.58. The molecule has 4 nitrogen and oxygen atoms in total. The number of nitrogen functional groups attached to an aromatic ring is 1. The SMILES string of the molecule is Nc1cccc(Oc2ccc(N=C=O)cc2)c1. The molecular weight excluding hydrogens is 216 g/mol. The Morgan fingerprint density at radius 1 is 1.06 bits per heavy atom. The second kappa shape index (κ2) is 4.96. The smallest absolute Gasteiger partial charge is 0.240 e. The molecule has 0 aliphatic carbocycles. The number of nitrogens with zero attached hydrogens (tertiary/aromatic N) is 1. The van der Waals surface area contributed by atoms with Crippen LogP contribution in [0.25, 0.3) is 0 Å². The fraction of sp³-hybridized carbons (Fsp3) is 0. The van der Waals surface area contributed by atoms with Crippen molar-refractivity contribution in [1.29, 1.82) is 0 Å². The van der Waals surface area contributed by atoms with E-state index in [-0.39, 0.29) is 0 Å². The predicted octanol–water partition coefficient (Wildman–Crippen LogP) is 3.03. The molecule has 0 aliphatic rings. The molecule has 0 atom stereocenters. The Labute approximate surface area is 98.4 Å². The molecule has 0 bridgehead atoms. The summed E-state index contributed by atoms with van der Waals surface area (Å²) >= 11 is 0. The molecule has 2 aromatic rings. The third kappa shape index (κ3) is 2.93. The van der Waals surface area contributed by atoms with Crippen LogP contribution in [0.4, 0.5) is 11.4 Å². The predicted molar refractivity (Wildman–Crippen MR) is 65.2 cm³/mol. The van der Waals surface area contributed by atoms with Gasteiger partial charge in [-0.1, -0.05) is 6.07 Å². The number of ether oxygens (including phenoxy) is 1. The van der Waals surface area contributed by atoms with Gasteiger partial charge in [-0.2, -0.15) is 4.99 Å². The largest absolute Gasteiger partial charge is 0.457 e. The van der Waals surface area contributed by atoms with E-state index in [0.717, 1.165) is 0 Å². The average Bonchev–Trinajstić information content (AvgIpc) is 2.32. The first-order valence-corrected chi connectivity index (χ1v) is 4.99. The second-order valence-corrected chi connectivity index (χ2v) is 3.37. The highest BCUT2D eigenvalue weighted by Gasteiger charge is 1.97. The first kappa shape index (κ1) is 10.9. The maximum atomic E-state index is 10.1. The van der Waals surface area contributed by atoms with Crippen molar-refractivity contribution < 1.29 is 9.53 Å². The fourth-order valence-electron chi connectivity index (χ4n) is 1.36. The van der Waals surface area contributed by atoms with Crippen molar-refractivity contribution in [2.75, 3.05) is 5.73 Å². The lowest BCUT2D eigenvalue weighted by Crippen LogP contribution is -1.87.